The lowest BCUT2D eigenvalue weighted by Gasteiger charge is -2.56. The molecule has 0 spiro atoms. The van der Waals surface area contributed by atoms with E-state index in [1.165, 1.54) is 4.90 Å². The molecular weight excluding hydrogens is 426 g/mol. The molecule has 5 heteroatoms. The first-order valence-corrected chi connectivity index (χ1v) is 11.7. The van der Waals surface area contributed by atoms with Crippen LogP contribution in [-0.4, -0.2) is 37.2 Å². The summed E-state index contributed by atoms with van der Waals surface area (Å²) < 4.78 is 11.9. The largest absolute Gasteiger partial charge is 0.355 e. The van der Waals surface area contributed by atoms with Gasteiger partial charge in [0, 0.05) is 20.1 Å². The van der Waals surface area contributed by atoms with Crippen molar-refractivity contribution in [3.05, 3.63) is 106 Å². The maximum Gasteiger partial charge on any atom is 0.234 e. The molecule has 1 aliphatic heterocycles. The Kier molecular flexibility index (Phi) is 4.77. The molecule has 0 saturated carbocycles. The van der Waals surface area contributed by atoms with Crippen LogP contribution in [-0.2, 0) is 31.0 Å². The molecule has 0 N–H and O–H groups in total. The average Bonchev–Trinajstić information content (AvgIpc) is 3.12. The first-order chi connectivity index (χ1) is 16.5. The number of ether oxygens (including phenoxy) is 2. The third-order valence-corrected chi connectivity index (χ3v) is 8.04. The van der Waals surface area contributed by atoms with Crippen LogP contribution in [0, 0.1) is 18.8 Å². The minimum absolute atomic E-state index is 0.111. The number of likely N-dealkylation sites (tertiary alicyclic amines) is 1. The van der Waals surface area contributed by atoms with E-state index in [-0.39, 0.29) is 24.3 Å². The van der Waals surface area contributed by atoms with Gasteiger partial charge in [0.1, 0.15) is 0 Å². The van der Waals surface area contributed by atoms with Crippen molar-refractivity contribution in [2.24, 2.45) is 11.8 Å². The van der Waals surface area contributed by atoms with E-state index in [0.717, 1.165) is 33.4 Å². The van der Waals surface area contributed by atoms with Crippen LogP contribution in [0.3, 0.4) is 0 Å². The number of aryl methyl sites for hydroxylation is 1. The van der Waals surface area contributed by atoms with E-state index in [0.29, 0.717) is 0 Å². The Bertz CT molecular complexity index is 1250. The number of rotatable bonds is 5. The van der Waals surface area contributed by atoms with Crippen molar-refractivity contribution in [2.45, 2.75) is 31.1 Å². The summed E-state index contributed by atoms with van der Waals surface area (Å²) in [6.45, 7) is 2.29. The Morgan fingerprint density at radius 2 is 1.38 bits per heavy atom. The fraction of sp³-hybridized carbons (Fsp3) is 0.310. The Balaban J connectivity index is 1.58. The van der Waals surface area contributed by atoms with E-state index in [9.17, 15) is 9.59 Å². The zero-order valence-corrected chi connectivity index (χ0v) is 19.5. The number of carbonyl (C=O) groups excluding carboxylic acids is 2. The molecule has 0 unspecified atom stereocenters. The quantitative estimate of drug-likeness (QED) is 0.430. The fourth-order valence-corrected chi connectivity index (χ4v) is 6.79. The van der Waals surface area contributed by atoms with Gasteiger partial charge in [0.15, 0.2) is 6.29 Å². The van der Waals surface area contributed by atoms with Gasteiger partial charge in [0.2, 0.25) is 11.8 Å². The van der Waals surface area contributed by atoms with Gasteiger partial charge in [-0.3, -0.25) is 14.5 Å². The van der Waals surface area contributed by atoms with E-state index in [2.05, 4.69) is 24.3 Å². The molecule has 1 heterocycles. The third kappa shape index (κ3) is 2.57. The molecule has 3 aromatic rings. The van der Waals surface area contributed by atoms with Crippen LogP contribution in [0.15, 0.2) is 72.8 Å². The Hall–Kier alpha value is -3.28. The minimum Gasteiger partial charge on any atom is -0.355 e. The molecule has 4 aliphatic rings. The topological polar surface area (TPSA) is 55.8 Å². The number of imide groups is 1. The minimum atomic E-state index is -0.912. The molecule has 34 heavy (non-hydrogen) atoms. The van der Waals surface area contributed by atoms with Crippen LogP contribution in [0.4, 0.5) is 0 Å². The molecule has 0 aromatic heterocycles. The van der Waals surface area contributed by atoms with Gasteiger partial charge in [-0.2, -0.15) is 0 Å². The first-order valence-electron chi connectivity index (χ1n) is 11.7. The van der Waals surface area contributed by atoms with Crippen molar-refractivity contribution < 1.29 is 19.1 Å². The molecular formula is C29H27NO4. The Morgan fingerprint density at radius 3 is 1.94 bits per heavy atom. The zero-order chi connectivity index (χ0) is 23.6. The highest BCUT2D eigenvalue weighted by molar-refractivity contribution is 6.08. The van der Waals surface area contributed by atoms with Crippen LogP contribution in [0.25, 0.3) is 0 Å². The van der Waals surface area contributed by atoms with Crippen LogP contribution in [0.2, 0.25) is 0 Å². The summed E-state index contributed by atoms with van der Waals surface area (Å²) in [6, 6.07) is 24.3. The molecule has 1 fully saturated rings. The number of nitrogens with zero attached hydrogens (tertiary/aromatic N) is 1. The lowest BCUT2D eigenvalue weighted by atomic mass is 9.47. The van der Waals surface area contributed by atoms with Crippen LogP contribution in [0.1, 0.15) is 39.3 Å². The number of hydrogen-bond acceptors (Lipinski definition) is 4. The summed E-state index contributed by atoms with van der Waals surface area (Å²) in [7, 11) is 3.21. The maximum atomic E-state index is 14.2. The summed E-state index contributed by atoms with van der Waals surface area (Å²) >= 11 is 0. The lowest BCUT2D eigenvalue weighted by Crippen LogP contribution is -2.60. The molecule has 0 radical (unpaired) electrons. The van der Waals surface area contributed by atoms with E-state index >= 15 is 0 Å². The highest BCUT2D eigenvalue weighted by Crippen LogP contribution is 2.65. The molecule has 3 aromatic carbocycles. The highest BCUT2D eigenvalue weighted by atomic mass is 16.7. The van der Waals surface area contributed by atoms with Crippen molar-refractivity contribution >= 4 is 11.8 Å². The molecule has 2 atom stereocenters. The Labute approximate surface area is 199 Å². The highest BCUT2D eigenvalue weighted by Gasteiger charge is 2.70. The van der Waals surface area contributed by atoms with E-state index in [1.54, 1.807) is 14.2 Å². The summed E-state index contributed by atoms with van der Waals surface area (Å²) in [5.41, 5.74) is 5.38. The molecule has 3 aliphatic carbocycles. The van der Waals surface area contributed by atoms with Crippen molar-refractivity contribution in [1.82, 2.24) is 4.90 Å². The molecule has 172 valence electrons. The van der Waals surface area contributed by atoms with E-state index in [1.807, 2.05) is 55.5 Å². The fourth-order valence-electron chi connectivity index (χ4n) is 6.79. The first kappa shape index (κ1) is 21.3. The zero-order valence-electron chi connectivity index (χ0n) is 19.5. The van der Waals surface area contributed by atoms with Gasteiger partial charge >= 0.3 is 0 Å². The summed E-state index contributed by atoms with van der Waals surface area (Å²) in [6.07, 6.45) is -0.723. The standard InChI is InChI=1S/C29H27NO4/c1-17-12-14-18(15-13-17)16-30-26(31)24-23-19-8-4-6-10-21(19)29(25(24)27(30)32,28(33-2)34-3)22-11-7-5-9-20(22)23/h4-15,23-25,28H,16H2,1-3H3/t23?,24-,25+,29?/m0/s1. The van der Waals surface area contributed by atoms with Gasteiger partial charge in [0.05, 0.1) is 23.8 Å². The number of hydrogen-bond donors (Lipinski definition) is 0. The SMILES string of the molecule is COC(OC)C12c3ccccc3C(c3ccccc31)[C@@H]1C(=O)N(Cc3ccc(C)cc3)C(=O)[C@@H]12. The van der Waals surface area contributed by atoms with Gasteiger partial charge in [-0.25, -0.2) is 0 Å². The van der Waals surface area contributed by atoms with E-state index < -0.39 is 23.5 Å². The molecule has 7 rings (SSSR count). The second kappa shape index (κ2) is 7.62. The normalized spacial score (nSPS) is 26.6. The Morgan fingerprint density at radius 1 is 0.824 bits per heavy atom. The third-order valence-electron chi connectivity index (χ3n) is 8.04. The molecule has 5 nitrogen and oxygen atoms in total. The van der Waals surface area contributed by atoms with Gasteiger partial charge < -0.3 is 9.47 Å². The van der Waals surface area contributed by atoms with Crippen molar-refractivity contribution in [1.29, 1.82) is 0 Å². The second-order valence-electron chi connectivity index (χ2n) is 9.58. The van der Waals surface area contributed by atoms with Gasteiger partial charge in [0.25, 0.3) is 0 Å². The van der Waals surface area contributed by atoms with Crippen molar-refractivity contribution in [3.63, 3.8) is 0 Å². The summed E-state index contributed by atoms with van der Waals surface area (Å²) in [4.78, 5) is 29.6. The predicted molar refractivity (Wildman–Crippen MR) is 127 cm³/mol. The number of benzene rings is 3. The molecule has 2 amide bonds. The molecule has 1 saturated heterocycles. The molecule has 2 bridgehead atoms. The number of carbonyl (C=O) groups is 2. The van der Waals surface area contributed by atoms with Gasteiger partial charge in [-0.05, 0) is 34.7 Å². The number of amides is 2. The van der Waals surface area contributed by atoms with Crippen LogP contribution >= 0.6 is 0 Å². The van der Waals surface area contributed by atoms with Crippen LogP contribution < -0.4 is 0 Å². The van der Waals surface area contributed by atoms with E-state index in [4.69, 9.17) is 9.47 Å². The number of methoxy groups -OCH3 is 2. The summed E-state index contributed by atoms with van der Waals surface area (Å²) in [5.74, 6) is -1.52. The van der Waals surface area contributed by atoms with Gasteiger partial charge in [-0.1, -0.05) is 78.4 Å². The predicted octanol–water partition coefficient (Wildman–Crippen LogP) is 4.16. The van der Waals surface area contributed by atoms with Crippen molar-refractivity contribution in [2.75, 3.05) is 14.2 Å². The maximum absolute atomic E-state index is 14.2. The monoisotopic (exact) mass is 453 g/mol. The smallest absolute Gasteiger partial charge is 0.234 e. The van der Waals surface area contributed by atoms with Crippen LogP contribution in [0.5, 0.6) is 0 Å². The van der Waals surface area contributed by atoms with Crippen molar-refractivity contribution in [3.8, 4) is 0 Å². The lowest BCUT2D eigenvalue weighted by molar-refractivity contribution is -0.169. The average molecular weight is 454 g/mol. The van der Waals surface area contributed by atoms with Gasteiger partial charge in [-0.15, -0.1) is 0 Å². The second-order valence-corrected chi connectivity index (χ2v) is 9.58. The summed E-state index contributed by atoms with van der Waals surface area (Å²) in [5, 5.41) is 0.